The Bertz CT molecular complexity index is 719. The minimum Gasteiger partial charge on any atom is -0.495 e. The van der Waals surface area contributed by atoms with Crippen molar-refractivity contribution in [2.24, 2.45) is 0 Å². The number of fused-ring (bicyclic) bond motifs is 1. The van der Waals surface area contributed by atoms with Gasteiger partial charge in [0.2, 0.25) is 0 Å². The van der Waals surface area contributed by atoms with E-state index >= 15 is 0 Å². The van der Waals surface area contributed by atoms with E-state index in [4.69, 9.17) is 27.9 Å². The molecule has 0 atom stereocenters. The highest BCUT2D eigenvalue weighted by molar-refractivity contribution is 6.33. The third-order valence-electron chi connectivity index (χ3n) is 3.60. The summed E-state index contributed by atoms with van der Waals surface area (Å²) in [6.07, 6.45) is 2.04. The van der Waals surface area contributed by atoms with Crippen molar-refractivity contribution in [2.75, 3.05) is 7.11 Å². The van der Waals surface area contributed by atoms with E-state index in [-0.39, 0.29) is 5.56 Å². The number of hydrogen-bond acceptors (Lipinski definition) is 2. The van der Waals surface area contributed by atoms with Crippen molar-refractivity contribution in [3.8, 4) is 16.9 Å². The van der Waals surface area contributed by atoms with E-state index in [1.807, 2.05) is 4.68 Å². The maximum Gasteiger partial charge on any atom is 0.276 e. The van der Waals surface area contributed by atoms with Gasteiger partial charge >= 0.3 is 0 Å². The first-order chi connectivity index (χ1) is 9.63. The number of rotatable bonds is 2. The van der Waals surface area contributed by atoms with E-state index in [1.54, 1.807) is 30.0 Å². The van der Waals surface area contributed by atoms with Gasteiger partial charge in [0.15, 0.2) is 0 Å². The first-order valence-corrected chi connectivity index (χ1v) is 7.22. The van der Waals surface area contributed by atoms with Crippen molar-refractivity contribution in [2.45, 2.75) is 25.9 Å². The summed E-state index contributed by atoms with van der Waals surface area (Å²) < 4.78 is 8.76. The number of benzene rings is 1. The summed E-state index contributed by atoms with van der Waals surface area (Å²) in [5.74, 6) is 0.536. The van der Waals surface area contributed by atoms with Crippen LogP contribution in [0.3, 0.4) is 0 Å². The Morgan fingerprint density at radius 2 is 1.85 bits per heavy atom. The molecule has 4 nitrogen and oxygen atoms in total. The summed E-state index contributed by atoms with van der Waals surface area (Å²) in [4.78, 5) is 12.5. The highest BCUT2D eigenvalue weighted by atomic mass is 35.5. The lowest BCUT2D eigenvalue weighted by Crippen LogP contribution is -2.27. The zero-order chi connectivity index (χ0) is 14.3. The van der Waals surface area contributed by atoms with E-state index in [0.717, 1.165) is 24.9 Å². The van der Waals surface area contributed by atoms with Crippen LogP contribution >= 0.6 is 23.2 Å². The molecule has 0 spiro atoms. The summed E-state index contributed by atoms with van der Waals surface area (Å²) in [5.41, 5.74) is 1.19. The molecular formula is C14H14Cl2N2O2. The second-order valence-corrected chi connectivity index (χ2v) is 5.54. The fraction of sp³-hybridized carbons (Fsp3) is 0.357. The molecule has 106 valence electrons. The molecule has 2 heterocycles. The Labute approximate surface area is 126 Å². The van der Waals surface area contributed by atoms with Crippen LogP contribution in [0.4, 0.5) is 0 Å². The molecule has 0 aliphatic carbocycles. The molecular weight excluding hydrogens is 299 g/mol. The van der Waals surface area contributed by atoms with Gasteiger partial charge in [0.1, 0.15) is 10.9 Å². The Morgan fingerprint density at radius 1 is 1.15 bits per heavy atom. The van der Waals surface area contributed by atoms with Gasteiger partial charge in [-0.25, -0.2) is 4.68 Å². The van der Waals surface area contributed by atoms with Crippen LogP contribution in [0.5, 0.6) is 5.75 Å². The van der Waals surface area contributed by atoms with Crippen molar-refractivity contribution in [3.05, 3.63) is 38.7 Å². The van der Waals surface area contributed by atoms with Gasteiger partial charge in [-0.05, 0) is 30.5 Å². The number of hydrogen-bond donors (Lipinski definition) is 0. The molecule has 2 aromatic rings. The van der Waals surface area contributed by atoms with Gasteiger partial charge in [0.25, 0.3) is 5.56 Å². The summed E-state index contributed by atoms with van der Waals surface area (Å²) in [7, 11) is 1.55. The van der Waals surface area contributed by atoms with Crippen molar-refractivity contribution in [3.63, 3.8) is 0 Å². The fourth-order valence-electron chi connectivity index (χ4n) is 2.58. The van der Waals surface area contributed by atoms with Crippen molar-refractivity contribution in [1.29, 1.82) is 0 Å². The van der Waals surface area contributed by atoms with Crippen LogP contribution < -0.4 is 10.3 Å². The maximum absolute atomic E-state index is 12.5. The van der Waals surface area contributed by atoms with Crippen molar-refractivity contribution < 1.29 is 4.74 Å². The smallest absolute Gasteiger partial charge is 0.276 e. The quantitative estimate of drug-likeness (QED) is 0.851. The van der Waals surface area contributed by atoms with E-state index in [2.05, 4.69) is 0 Å². The van der Waals surface area contributed by atoms with Crippen LogP contribution in [-0.4, -0.2) is 16.5 Å². The summed E-state index contributed by atoms with van der Waals surface area (Å²) in [6.45, 7) is 1.49. The van der Waals surface area contributed by atoms with Gasteiger partial charge in [-0.1, -0.05) is 29.3 Å². The van der Waals surface area contributed by atoms with E-state index < -0.39 is 0 Å². The highest BCUT2D eigenvalue weighted by Gasteiger charge is 2.22. The standard InChI is InChI=1S/C14H14Cl2N2O2/c1-20-11-8-9(4-5-10(11)15)12-13(16)17-6-2-3-7-18(17)14(12)19/h4-5,8H,2-3,6-7H2,1H3. The average molecular weight is 313 g/mol. The van der Waals surface area contributed by atoms with E-state index in [0.29, 0.717) is 28.0 Å². The van der Waals surface area contributed by atoms with Crippen LogP contribution in [0.25, 0.3) is 11.1 Å². The molecule has 0 radical (unpaired) electrons. The molecule has 0 bridgehead atoms. The van der Waals surface area contributed by atoms with Gasteiger partial charge in [0.05, 0.1) is 17.7 Å². The molecule has 1 aliphatic heterocycles. The molecule has 0 N–H and O–H groups in total. The van der Waals surface area contributed by atoms with Gasteiger partial charge < -0.3 is 4.74 Å². The fourth-order valence-corrected chi connectivity index (χ4v) is 3.14. The minimum absolute atomic E-state index is 0.0564. The Kier molecular flexibility index (Phi) is 3.52. The summed E-state index contributed by atoms with van der Waals surface area (Å²) >= 11 is 12.4. The predicted octanol–water partition coefficient (Wildman–Crippen LogP) is 3.43. The number of ether oxygens (including phenoxy) is 1. The highest BCUT2D eigenvalue weighted by Crippen LogP contribution is 2.33. The third kappa shape index (κ3) is 2.03. The first kappa shape index (κ1) is 13.6. The van der Waals surface area contributed by atoms with Crippen molar-refractivity contribution >= 4 is 23.2 Å². The molecule has 1 aromatic carbocycles. The molecule has 0 unspecified atom stereocenters. The molecule has 0 amide bonds. The van der Waals surface area contributed by atoms with Gasteiger partial charge in [-0.15, -0.1) is 0 Å². The lowest BCUT2D eigenvalue weighted by molar-refractivity contribution is 0.356. The van der Waals surface area contributed by atoms with Crippen LogP contribution in [0.15, 0.2) is 23.0 Å². The molecule has 3 rings (SSSR count). The zero-order valence-corrected chi connectivity index (χ0v) is 12.5. The largest absolute Gasteiger partial charge is 0.495 e. The molecule has 6 heteroatoms. The zero-order valence-electron chi connectivity index (χ0n) is 11.0. The van der Waals surface area contributed by atoms with Gasteiger partial charge in [-0.2, -0.15) is 0 Å². The Morgan fingerprint density at radius 3 is 2.50 bits per heavy atom. The lowest BCUT2D eigenvalue weighted by atomic mass is 10.1. The van der Waals surface area contributed by atoms with Crippen LogP contribution in [-0.2, 0) is 13.1 Å². The average Bonchev–Trinajstić information content (AvgIpc) is 2.72. The first-order valence-electron chi connectivity index (χ1n) is 6.46. The SMILES string of the molecule is COc1cc(-c2c(Cl)n3n(c2=O)CCCC3)ccc1Cl. The maximum atomic E-state index is 12.5. The van der Waals surface area contributed by atoms with Gasteiger partial charge in [0, 0.05) is 13.1 Å². The predicted molar refractivity (Wildman–Crippen MR) is 79.9 cm³/mol. The monoisotopic (exact) mass is 312 g/mol. The second-order valence-electron chi connectivity index (χ2n) is 4.77. The second kappa shape index (κ2) is 5.19. The Balaban J connectivity index is 2.20. The number of methoxy groups -OCH3 is 1. The topological polar surface area (TPSA) is 36.2 Å². The molecule has 1 aromatic heterocycles. The molecule has 0 fully saturated rings. The number of aromatic nitrogens is 2. The van der Waals surface area contributed by atoms with E-state index in [1.165, 1.54) is 0 Å². The third-order valence-corrected chi connectivity index (χ3v) is 4.30. The molecule has 1 aliphatic rings. The Hall–Kier alpha value is -1.39. The molecule has 20 heavy (non-hydrogen) atoms. The minimum atomic E-state index is -0.0564. The van der Waals surface area contributed by atoms with Crippen LogP contribution in [0.1, 0.15) is 12.8 Å². The molecule has 0 saturated carbocycles. The number of halogens is 2. The van der Waals surface area contributed by atoms with E-state index in [9.17, 15) is 4.79 Å². The van der Waals surface area contributed by atoms with Gasteiger partial charge in [-0.3, -0.25) is 9.48 Å². The van der Waals surface area contributed by atoms with Crippen LogP contribution in [0.2, 0.25) is 10.2 Å². The number of nitrogens with zero attached hydrogens (tertiary/aromatic N) is 2. The normalized spacial score (nSPS) is 14.2. The van der Waals surface area contributed by atoms with Crippen LogP contribution in [0, 0.1) is 0 Å². The summed E-state index contributed by atoms with van der Waals surface area (Å²) in [5, 5.41) is 0.996. The summed E-state index contributed by atoms with van der Waals surface area (Å²) in [6, 6.07) is 5.25. The molecule has 0 saturated heterocycles. The van der Waals surface area contributed by atoms with Crippen molar-refractivity contribution in [1.82, 2.24) is 9.36 Å². The lowest BCUT2D eigenvalue weighted by Gasteiger charge is -2.17.